The number of nitrogens with one attached hydrogen (secondary N) is 2. The van der Waals surface area contributed by atoms with Crippen LogP contribution in [0.15, 0.2) is 6.07 Å². The van der Waals surface area contributed by atoms with Crippen molar-refractivity contribution in [1.82, 2.24) is 10.2 Å². The molecule has 5 aliphatic carbocycles. The van der Waals surface area contributed by atoms with Gasteiger partial charge in [-0.05, 0) is 82.0 Å². The second-order valence-electron chi connectivity index (χ2n) is 14.6. The maximum atomic E-state index is 14.2. The summed E-state index contributed by atoms with van der Waals surface area (Å²) < 4.78 is 0. The molecule has 6 rings (SSSR count). The molecule has 0 saturated heterocycles. The summed E-state index contributed by atoms with van der Waals surface area (Å²) in [6.07, 6.45) is 7.02. The largest absolute Gasteiger partial charge is 0.505 e. The van der Waals surface area contributed by atoms with Crippen molar-refractivity contribution in [2.75, 3.05) is 45.0 Å². The second kappa shape index (κ2) is 11.2. The van der Waals surface area contributed by atoms with Crippen molar-refractivity contribution < 1.29 is 39.0 Å². The fourth-order valence-corrected chi connectivity index (χ4v) is 9.09. The molecular formula is C33H43N5O8. The van der Waals surface area contributed by atoms with E-state index in [9.17, 15) is 39.0 Å². The zero-order valence-electron chi connectivity index (χ0n) is 26.7. The van der Waals surface area contributed by atoms with E-state index in [1.165, 1.54) is 24.2 Å². The first-order valence-electron chi connectivity index (χ1n) is 16.1. The summed E-state index contributed by atoms with van der Waals surface area (Å²) in [5, 5.41) is 29.3. The molecule has 0 radical (unpaired) electrons. The van der Waals surface area contributed by atoms with Crippen molar-refractivity contribution in [3.8, 4) is 5.75 Å². The predicted octanol–water partition coefficient (Wildman–Crippen LogP) is 0.184. The number of phenolic OH excluding ortho intramolecular Hbond substituents is 1. The quantitative estimate of drug-likeness (QED) is 0.202. The van der Waals surface area contributed by atoms with Crippen LogP contribution in [0, 0.1) is 29.1 Å². The highest BCUT2D eigenvalue weighted by Gasteiger charge is 2.69. The number of aliphatic hydroxyl groups is 1. The van der Waals surface area contributed by atoms with Crippen LogP contribution in [0.4, 0.5) is 11.4 Å². The van der Waals surface area contributed by atoms with Gasteiger partial charge in [-0.1, -0.05) is 6.42 Å². The molecule has 3 unspecified atom stereocenters. The van der Waals surface area contributed by atoms with Gasteiger partial charge in [-0.2, -0.15) is 0 Å². The number of carbonyl (C=O) groups excluding carboxylic acids is 6. The van der Waals surface area contributed by atoms with Crippen molar-refractivity contribution in [2.45, 2.75) is 69.1 Å². The number of rotatable bonds is 7. The molecule has 7 atom stereocenters. The van der Waals surface area contributed by atoms with Crippen molar-refractivity contribution in [2.24, 2.45) is 34.8 Å². The molecule has 1 spiro atoms. The van der Waals surface area contributed by atoms with Gasteiger partial charge in [0, 0.05) is 31.7 Å². The molecule has 0 aliphatic heterocycles. The Morgan fingerprint density at radius 1 is 1.07 bits per heavy atom. The summed E-state index contributed by atoms with van der Waals surface area (Å²) >= 11 is 0. The van der Waals surface area contributed by atoms with Gasteiger partial charge in [0.2, 0.25) is 11.8 Å². The number of benzene rings is 1. The van der Waals surface area contributed by atoms with Crippen LogP contribution < -0.4 is 21.3 Å². The van der Waals surface area contributed by atoms with E-state index in [0.717, 1.165) is 19.3 Å². The van der Waals surface area contributed by atoms with Crippen LogP contribution in [0.1, 0.15) is 60.9 Å². The molecule has 0 bridgehead atoms. The average molecular weight is 638 g/mol. The van der Waals surface area contributed by atoms with Crippen LogP contribution in [-0.4, -0.2) is 102 Å². The zero-order chi connectivity index (χ0) is 33.5. The minimum absolute atomic E-state index is 0.00332. The third kappa shape index (κ3) is 4.77. The molecule has 0 heterocycles. The van der Waals surface area contributed by atoms with Gasteiger partial charge in [0.05, 0.1) is 29.8 Å². The third-order valence-electron chi connectivity index (χ3n) is 11.5. The number of primary amides is 1. The highest BCUT2D eigenvalue weighted by molar-refractivity contribution is 6.32. The molecule has 0 aromatic heterocycles. The van der Waals surface area contributed by atoms with Crippen molar-refractivity contribution in [3.05, 3.63) is 17.2 Å². The second-order valence-corrected chi connectivity index (χ2v) is 14.6. The van der Waals surface area contributed by atoms with E-state index in [1.54, 1.807) is 39.2 Å². The van der Waals surface area contributed by atoms with Crippen LogP contribution >= 0.6 is 0 Å². The Bertz CT molecular complexity index is 1550. The Kier molecular flexibility index (Phi) is 7.88. The molecule has 1 aromatic rings. The molecule has 13 heteroatoms. The molecule has 6 N–H and O–H groups in total. The zero-order valence-corrected chi connectivity index (χ0v) is 26.7. The number of hydrogen-bond donors (Lipinski definition) is 5. The maximum absolute atomic E-state index is 14.2. The van der Waals surface area contributed by atoms with Gasteiger partial charge in [0.15, 0.2) is 34.7 Å². The van der Waals surface area contributed by atoms with E-state index >= 15 is 0 Å². The van der Waals surface area contributed by atoms with Crippen molar-refractivity contribution >= 4 is 46.3 Å². The summed E-state index contributed by atoms with van der Waals surface area (Å²) in [5.41, 5.74) is 3.86. The number of anilines is 2. The number of amides is 2. The van der Waals surface area contributed by atoms with Gasteiger partial charge in [0.1, 0.15) is 5.75 Å². The topological polar surface area (TPSA) is 199 Å². The van der Waals surface area contributed by atoms with E-state index in [0.29, 0.717) is 16.7 Å². The standard InChI is InChI=1S/C33H43N5O8/c1-37(2)20-12-19(36-21(39)14-35-16-6-9-32(13-16)7-5-8-32)26(40)23-17(20)10-15-11-18-25(38(3)4)28(42)24(31(34)45)30(44)33(18,46)29(43)22(15)27(23)41/h12,15-16,18,22,24-25,35,40,46H,5-11,13-14H2,1-4H3,(H2,34,45)(H,36,39)/t15-,16?,18-,22?,24?,25-,33-/m0/s1. The number of ketones is 4. The van der Waals surface area contributed by atoms with Gasteiger partial charge in [0.25, 0.3) is 0 Å². The lowest BCUT2D eigenvalue weighted by Crippen LogP contribution is -2.74. The lowest BCUT2D eigenvalue weighted by atomic mass is 9.52. The number of fused-ring (bicyclic) bond motifs is 3. The third-order valence-corrected chi connectivity index (χ3v) is 11.5. The molecule has 2 amide bonds. The number of aromatic hydroxyl groups is 1. The highest BCUT2D eigenvalue weighted by atomic mass is 16.3. The van der Waals surface area contributed by atoms with Crippen LogP contribution in [-0.2, 0) is 30.4 Å². The van der Waals surface area contributed by atoms with Crippen LogP contribution in [0.5, 0.6) is 5.75 Å². The molecule has 248 valence electrons. The van der Waals surface area contributed by atoms with Gasteiger partial charge in [-0.25, -0.2) is 0 Å². The predicted molar refractivity (Wildman–Crippen MR) is 166 cm³/mol. The van der Waals surface area contributed by atoms with E-state index in [1.807, 2.05) is 0 Å². The summed E-state index contributed by atoms with van der Waals surface area (Å²) in [7, 11) is 6.59. The number of nitrogens with zero attached hydrogens (tertiary/aromatic N) is 2. The molecule has 1 aromatic carbocycles. The Labute approximate surface area is 267 Å². The summed E-state index contributed by atoms with van der Waals surface area (Å²) in [6, 6.07) is 0.663. The lowest BCUT2D eigenvalue weighted by Gasteiger charge is -2.52. The SMILES string of the molecule is CN(C)c1cc(NC(=O)CNC2CCC3(CCC3)C2)c(O)c2c1C[C@H]1C[C@H]3[C@H](N(C)C)C(=O)C(C(N)=O)C(=O)[C@@]3(O)C(=O)C1C2=O. The first-order chi connectivity index (χ1) is 21.6. The number of carbonyl (C=O) groups is 6. The molecule has 4 fully saturated rings. The lowest BCUT2D eigenvalue weighted by molar-refractivity contribution is -0.181. The van der Waals surface area contributed by atoms with Crippen molar-refractivity contribution in [1.29, 1.82) is 0 Å². The first-order valence-corrected chi connectivity index (χ1v) is 16.1. The minimum Gasteiger partial charge on any atom is -0.505 e. The smallest absolute Gasteiger partial charge is 0.238 e. The van der Waals surface area contributed by atoms with Crippen molar-refractivity contribution in [3.63, 3.8) is 0 Å². The summed E-state index contributed by atoms with van der Waals surface area (Å²) in [4.78, 5) is 83.5. The van der Waals surface area contributed by atoms with Gasteiger partial charge in [-0.3, -0.25) is 33.7 Å². The highest BCUT2D eigenvalue weighted by Crippen LogP contribution is 2.54. The van der Waals surface area contributed by atoms with E-state index in [4.69, 9.17) is 5.73 Å². The Morgan fingerprint density at radius 3 is 2.33 bits per heavy atom. The maximum Gasteiger partial charge on any atom is 0.238 e. The monoisotopic (exact) mass is 637 g/mol. The summed E-state index contributed by atoms with van der Waals surface area (Å²) in [5.74, 6) is -11.6. The average Bonchev–Trinajstić information content (AvgIpc) is 3.40. The van der Waals surface area contributed by atoms with E-state index < -0.39 is 76.0 Å². The van der Waals surface area contributed by atoms with E-state index in [-0.39, 0.29) is 36.7 Å². The molecule has 4 saturated carbocycles. The van der Waals surface area contributed by atoms with Gasteiger partial charge < -0.3 is 31.5 Å². The number of nitrogens with two attached hydrogens (primary N) is 1. The first kappa shape index (κ1) is 32.3. The van der Waals surface area contributed by atoms with Gasteiger partial charge in [-0.15, -0.1) is 0 Å². The van der Waals surface area contributed by atoms with E-state index in [2.05, 4.69) is 10.6 Å². The fraction of sp³-hybridized carbons (Fsp3) is 0.636. The normalized spacial score (nSPS) is 32.9. The molecule has 13 nitrogen and oxygen atoms in total. The number of hydrogen-bond acceptors (Lipinski definition) is 11. The molecular weight excluding hydrogens is 594 g/mol. The Balaban J connectivity index is 1.31. The van der Waals surface area contributed by atoms with Crippen LogP contribution in [0.3, 0.4) is 0 Å². The number of phenols is 1. The number of likely N-dealkylation sites (N-methyl/N-ethyl adjacent to an activating group) is 1. The summed E-state index contributed by atoms with van der Waals surface area (Å²) in [6.45, 7) is 0.0228. The van der Waals surface area contributed by atoms with Gasteiger partial charge >= 0.3 is 0 Å². The fourth-order valence-electron chi connectivity index (χ4n) is 9.09. The number of Topliss-reactive ketones (excluding diaryl/α,β-unsaturated/α-hetero) is 4. The Hall–Kier alpha value is -3.68. The Morgan fingerprint density at radius 2 is 1.76 bits per heavy atom. The molecule has 5 aliphatic rings. The minimum atomic E-state index is -2.80. The molecule has 46 heavy (non-hydrogen) atoms. The van der Waals surface area contributed by atoms with Crippen LogP contribution in [0.25, 0.3) is 0 Å². The van der Waals surface area contributed by atoms with Crippen LogP contribution in [0.2, 0.25) is 0 Å².